The second-order valence-electron chi connectivity index (χ2n) is 13.8. The van der Waals surface area contributed by atoms with E-state index in [0.29, 0.717) is 61.9 Å². The molecule has 11 nitrogen and oxygen atoms in total. The van der Waals surface area contributed by atoms with E-state index in [1.807, 2.05) is 16.7 Å². The molecule has 4 aromatic heterocycles. The summed E-state index contributed by atoms with van der Waals surface area (Å²) in [6.45, 7) is 3.15. The fourth-order valence-corrected chi connectivity index (χ4v) is 8.97. The summed E-state index contributed by atoms with van der Waals surface area (Å²) in [5.41, 5.74) is 2.81. The minimum atomic E-state index is -3.79. The molecule has 0 spiro atoms. The number of thiophene rings is 1. The molecule has 16 heteroatoms. The summed E-state index contributed by atoms with van der Waals surface area (Å²) in [7, 11) is -1.93. The highest BCUT2D eigenvalue weighted by Gasteiger charge is 2.48. The normalized spacial score (nSPS) is 16.4. The maximum atomic E-state index is 14.1. The van der Waals surface area contributed by atoms with E-state index < -0.39 is 21.9 Å². The monoisotopic (exact) mass is 789 g/mol. The molecule has 0 bridgehead atoms. The van der Waals surface area contributed by atoms with Crippen LogP contribution in [0, 0.1) is 30.1 Å². The van der Waals surface area contributed by atoms with E-state index in [4.69, 9.17) is 11.6 Å². The number of likely N-dealkylation sites (tertiary alicyclic amines) is 1. The lowest BCUT2D eigenvalue weighted by Crippen LogP contribution is -2.55. The summed E-state index contributed by atoms with van der Waals surface area (Å²) in [4.78, 5) is 39.8. The second-order valence-corrected chi connectivity index (χ2v) is 16.8. The van der Waals surface area contributed by atoms with Crippen LogP contribution >= 0.6 is 22.9 Å². The zero-order valence-electron chi connectivity index (χ0n) is 29.5. The second kappa shape index (κ2) is 14.4. The number of aromatic nitrogens is 3. The number of amides is 1. The van der Waals surface area contributed by atoms with Crippen LogP contribution in [0.25, 0.3) is 32.1 Å². The number of benzene rings is 1. The topological polar surface area (TPSA) is 141 Å². The third kappa shape index (κ3) is 7.29. The molecule has 1 aliphatic heterocycles. The van der Waals surface area contributed by atoms with Gasteiger partial charge in [0.1, 0.15) is 17.5 Å². The predicted octanol–water partition coefficient (Wildman–Crippen LogP) is 5.95. The Morgan fingerprint density at radius 1 is 1.17 bits per heavy atom. The number of pyridine rings is 3. The van der Waals surface area contributed by atoms with Crippen LogP contribution in [0.15, 0.2) is 52.9 Å². The number of piperidine rings is 1. The summed E-state index contributed by atoms with van der Waals surface area (Å²) in [6, 6.07) is 10.9. The lowest BCUT2D eigenvalue weighted by molar-refractivity contribution is -0.127. The van der Waals surface area contributed by atoms with Crippen LogP contribution < -0.4 is 15.2 Å². The van der Waals surface area contributed by atoms with Crippen molar-refractivity contribution in [2.24, 2.45) is 0 Å². The molecule has 7 rings (SSSR count). The molecular formula is C38H34ClF2N7O4S2. The van der Waals surface area contributed by atoms with Crippen molar-refractivity contribution in [2.75, 3.05) is 31.3 Å². The summed E-state index contributed by atoms with van der Waals surface area (Å²) < 4.78 is 54.5. The number of alkyl halides is 2. The molecule has 0 unspecified atom stereocenters. The molecule has 1 aromatic carbocycles. The largest absolute Gasteiger partial charge is 0.355 e. The summed E-state index contributed by atoms with van der Waals surface area (Å²) in [6.07, 6.45) is 5.27. The SMILES string of the molecule is Cc1cc2cnc(N(C)C3CCN(C4CC(F)(F)C4)CC3)c(C#N)c2c(=O)n1CC#Cc1ccc(Cl)cc1-c1ccnc2c(C(=O)NS(C)(=O)=O)csc12. The Morgan fingerprint density at radius 3 is 2.59 bits per heavy atom. The summed E-state index contributed by atoms with van der Waals surface area (Å²) >= 11 is 7.66. The molecule has 1 amide bonds. The van der Waals surface area contributed by atoms with E-state index >= 15 is 0 Å². The molecular weight excluding hydrogens is 756 g/mol. The fourth-order valence-electron chi connectivity index (χ4n) is 7.31. The van der Waals surface area contributed by atoms with Crippen LogP contribution in [0.1, 0.15) is 52.9 Å². The van der Waals surface area contributed by atoms with Gasteiger partial charge in [-0.1, -0.05) is 23.4 Å². The number of rotatable bonds is 7. The van der Waals surface area contributed by atoms with Crippen molar-refractivity contribution in [3.05, 3.63) is 85.9 Å². The van der Waals surface area contributed by atoms with Crippen molar-refractivity contribution in [1.82, 2.24) is 24.2 Å². The number of carbonyl (C=O) groups excluding carboxylic acids is 1. The molecule has 2 aliphatic rings. The van der Waals surface area contributed by atoms with Gasteiger partial charge < -0.3 is 9.47 Å². The van der Waals surface area contributed by atoms with Crippen molar-refractivity contribution < 1.29 is 22.0 Å². The van der Waals surface area contributed by atoms with Gasteiger partial charge in [0.2, 0.25) is 10.0 Å². The maximum Gasteiger partial charge on any atom is 0.267 e. The Labute approximate surface area is 319 Å². The Balaban J connectivity index is 1.17. The standard InChI is InChI=1S/C38H34ClF2N7O4S2/c1-22-15-24-20-44-35(46(2)26-9-13-47(14-10-26)27-17-38(40,41)18-27)30(19-42)32(24)37(50)48(22)12-4-5-23-6-7-25(39)16-29(23)28-8-11-43-33-31(21-53-34(28)33)36(49)45-54(3,51)52/h6-8,11,15-16,20-21,26-27H,9-10,12-14,17-18H2,1-3H3,(H,45,49). The Morgan fingerprint density at radius 2 is 1.91 bits per heavy atom. The van der Waals surface area contributed by atoms with Gasteiger partial charge >= 0.3 is 0 Å². The van der Waals surface area contributed by atoms with Gasteiger partial charge in [0.05, 0.1) is 34.0 Å². The molecule has 278 valence electrons. The number of halogens is 3. The van der Waals surface area contributed by atoms with Gasteiger partial charge in [0, 0.05) is 95.6 Å². The van der Waals surface area contributed by atoms with Crippen molar-refractivity contribution in [1.29, 1.82) is 5.26 Å². The molecule has 0 atom stereocenters. The number of hydrogen-bond acceptors (Lipinski definition) is 10. The van der Waals surface area contributed by atoms with E-state index in [-0.39, 0.29) is 53.5 Å². The highest BCUT2D eigenvalue weighted by Crippen LogP contribution is 2.42. The average molecular weight is 790 g/mol. The summed E-state index contributed by atoms with van der Waals surface area (Å²) in [5, 5.41) is 13.1. The number of carbonyl (C=O) groups is 1. The Hall–Kier alpha value is -4.93. The molecule has 5 heterocycles. The number of aryl methyl sites for hydroxylation is 1. The quantitative estimate of drug-likeness (QED) is 0.198. The van der Waals surface area contributed by atoms with E-state index in [9.17, 15) is 32.0 Å². The number of anilines is 1. The average Bonchev–Trinajstić information content (AvgIpc) is 3.56. The number of sulfonamides is 1. The van der Waals surface area contributed by atoms with Gasteiger partial charge in [-0.2, -0.15) is 5.26 Å². The van der Waals surface area contributed by atoms with Crippen LogP contribution in [-0.4, -0.2) is 78.2 Å². The van der Waals surface area contributed by atoms with E-state index in [1.54, 1.807) is 48.8 Å². The van der Waals surface area contributed by atoms with Crippen LogP contribution in [0.2, 0.25) is 5.02 Å². The van der Waals surface area contributed by atoms with Crippen LogP contribution in [0.3, 0.4) is 0 Å². The van der Waals surface area contributed by atoms with Gasteiger partial charge in [-0.05, 0) is 50.1 Å². The van der Waals surface area contributed by atoms with Crippen LogP contribution in [0.5, 0.6) is 0 Å². The summed E-state index contributed by atoms with van der Waals surface area (Å²) in [5.74, 6) is 3.32. The Bertz CT molecular complexity index is 2610. The molecule has 1 saturated heterocycles. The predicted molar refractivity (Wildman–Crippen MR) is 206 cm³/mol. The van der Waals surface area contributed by atoms with Crippen molar-refractivity contribution >= 4 is 65.7 Å². The van der Waals surface area contributed by atoms with E-state index in [2.05, 4.69) is 32.8 Å². The number of fused-ring (bicyclic) bond motifs is 2. The van der Waals surface area contributed by atoms with Crippen molar-refractivity contribution in [3.8, 4) is 29.0 Å². The lowest BCUT2D eigenvalue weighted by Gasteiger charge is -2.46. The van der Waals surface area contributed by atoms with Gasteiger partial charge in [0.25, 0.3) is 17.4 Å². The third-order valence-corrected chi connectivity index (χ3v) is 11.9. The molecule has 54 heavy (non-hydrogen) atoms. The maximum absolute atomic E-state index is 14.1. The van der Waals surface area contributed by atoms with Crippen LogP contribution in [0.4, 0.5) is 14.6 Å². The number of nitrogens with zero attached hydrogens (tertiary/aromatic N) is 6. The first kappa shape index (κ1) is 37.4. The number of nitrogens with one attached hydrogen (secondary N) is 1. The first-order valence-electron chi connectivity index (χ1n) is 17.1. The molecule has 5 aromatic rings. The molecule has 2 fully saturated rings. The van der Waals surface area contributed by atoms with Gasteiger partial charge in [0.15, 0.2) is 0 Å². The molecule has 1 N–H and O–H groups in total. The highest BCUT2D eigenvalue weighted by molar-refractivity contribution is 7.89. The van der Waals surface area contributed by atoms with Gasteiger partial charge in [-0.25, -0.2) is 26.9 Å². The zero-order valence-corrected chi connectivity index (χ0v) is 31.9. The minimum Gasteiger partial charge on any atom is -0.355 e. The third-order valence-electron chi connectivity index (χ3n) is 10.1. The number of nitriles is 1. The minimum absolute atomic E-state index is 0.0142. The van der Waals surface area contributed by atoms with Crippen molar-refractivity contribution in [3.63, 3.8) is 0 Å². The zero-order chi connectivity index (χ0) is 38.5. The van der Waals surface area contributed by atoms with Gasteiger partial charge in [-0.3, -0.25) is 19.5 Å². The first-order chi connectivity index (χ1) is 25.6. The lowest BCUT2D eigenvalue weighted by atomic mass is 9.85. The molecule has 1 aliphatic carbocycles. The van der Waals surface area contributed by atoms with E-state index in [1.165, 1.54) is 22.1 Å². The van der Waals surface area contributed by atoms with E-state index in [0.717, 1.165) is 19.1 Å². The molecule has 1 saturated carbocycles. The fraction of sp³-hybridized carbons (Fsp3) is 0.342. The smallest absolute Gasteiger partial charge is 0.267 e. The Kier molecular flexibility index (Phi) is 9.95. The van der Waals surface area contributed by atoms with Gasteiger partial charge in [-0.15, -0.1) is 11.3 Å². The van der Waals surface area contributed by atoms with Crippen molar-refractivity contribution in [2.45, 2.75) is 57.2 Å². The first-order valence-corrected chi connectivity index (χ1v) is 20.2. The highest BCUT2D eigenvalue weighted by atomic mass is 35.5. The molecule has 0 radical (unpaired) electrons. The number of hydrogen-bond donors (Lipinski definition) is 1. The van der Waals surface area contributed by atoms with Crippen LogP contribution in [-0.2, 0) is 16.6 Å².